The van der Waals surface area contributed by atoms with Gasteiger partial charge >= 0.3 is 0 Å². The number of aromatic nitrogens is 2. The van der Waals surface area contributed by atoms with Crippen LogP contribution in [0.15, 0.2) is 9.52 Å². The average Bonchev–Trinajstić information content (AvgIpc) is 2.94. The molecule has 0 atom stereocenters. The van der Waals surface area contributed by atoms with Gasteiger partial charge in [0.05, 0.1) is 0 Å². The van der Waals surface area contributed by atoms with Crippen molar-refractivity contribution in [3.05, 3.63) is 11.7 Å². The minimum absolute atomic E-state index is 0.299. The normalized spacial score (nSPS) is 12.0. The van der Waals surface area contributed by atoms with Crippen LogP contribution >= 0.6 is 0 Å². The van der Waals surface area contributed by atoms with Crippen LogP contribution in [0.2, 0.25) is 0 Å². The van der Waals surface area contributed by atoms with Crippen molar-refractivity contribution in [3.63, 3.8) is 0 Å². The number of rotatable bonds is 9. The van der Waals surface area contributed by atoms with Crippen molar-refractivity contribution in [1.82, 2.24) is 20.8 Å². The van der Waals surface area contributed by atoms with Crippen LogP contribution in [0.25, 0.3) is 0 Å². The molecule has 0 saturated heterocycles. The van der Waals surface area contributed by atoms with E-state index in [2.05, 4.69) is 46.5 Å². The van der Waals surface area contributed by atoms with E-state index in [1.807, 2.05) is 0 Å². The second-order valence-electron chi connectivity index (χ2n) is 5.44. The Labute approximate surface area is 127 Å². The Balaban J connectivity index is 2.19. The molecule has 0 aliphatic rings. The van der Waals surface area contributed by atoms with Gasteiger partial charge in [-0.1, -0.05) is 45.2 Å². The first-order valence-electron chi connectivity index (χ1n) is 7.94. The average molecular weight is 295 g/mol. The molecule has 0 saturated carbocycles. The number of nitrogens with zero attached hydrogens (tertiary/aromatic N) is 3. The summed E-state index contributed by atoms with van der Waals surface area (Å²) in [5, 5.41) is 10.5. The molecule has 6 nitrogen and oxygen atoms in total. The van der Waals surface area contributed by atoms with Crippen LogP contribution in [0.3, 0.4) is 0 Å². The summed E-state index contributed by atoms with van der Waals surface area (Å²) in [6.45, 7) is 8.01. The van der Waals surface area contributed by atoms with Crippen molar-refractivity contribution in [2.45, 2.75) is 58.8 Å². The van der Waals surface area contributed by atoms with E-state index in [-0.39, 0.29) is 0 Å². The molecule has 0 fully saturated rings. The molecule has 0 aliphatic carbocycles. The lowest BCUT2D eigenvalue weighted by Gasteiger charge is -2.10. The summed E-state index contributed by atoms with van der Waals surface area (Å²) in [6.07, 6.45) is 5.70. The first kappa shape index (κ1) is 17.5. The van der Waals surface area contributed by atoms with E-state index in [4.69, 9.17) is 4.52 Å². The van der Waals surface area contributed by atoms with Crippen molar-refractivity contribution in [2.24, 2.45) is 4.99 Å². The molecular weight excluding hydrogens is 266 g/mol. The number of unbranched alkanes of at least 4 members (excludes halogenated alkanes) is 3. The first-order chi connectivity index (χ1) is 10.2. The largest absolute Gasteiger partial charge is 0.356 e. The van der Waals surface area contributed by atoms with Gasteiger partial charge in [0.2, 0.25) is 5.89 Å². The molecule has 6 heteroatoms. The fourth-order valence-electron chi connectivity index (χ4n) is 1.87. The van der Waals surface area contributed by atoms with Crippen molar-refractivity contribution >= 4 is 5.96 Å². The van der Waals surface area contributed by atoms with Gasteiger partial charge in [-0.05, 0) is 6.42 Å². The van der Waals surface area contributed by atoms with Crippen LogP contribution < -0.4 is 10.6 Å². The molecule has 0 bridgehead atoms. The molecule has 1 heterocycles. The monoisotopic (exact) mass is 295 g/mol. The van der Waals surface area contributed by atoms with E-state index >= 15 is 0 Å². The zero-order chi connectivity index (χ0) is 15.5. The minimum Gasteiger partial charge on any atom is -0.356 e. The Morgan fingerprint density at radius 2 is 1.95 bits per heavy atom. The summed E-state index contributed by atoms with van der Waals surface area (Å²) in [7, 11) is 1.78. The third-order valence-electron chi connectivity index (χ3n) is 3.18. The first-order valence-corrected chi connectivity index (χ1v) is 7.94. The zero-order valence-electron chi connectivity index (χ0n) is 13.8. The van der Waals surface area contributed by atoms with Crippen LogP contribution in [-0.4, -0.2) is 36.2 Å². The summed E-state index contributed by atoms with van der Waals surface area (Å²) < 4.78 is 5.21. The van der Waals surface area contributed by atoms with Crippen LogP contribution in [0.1, 0.15) is 64.1 Å². The topological polar surface area (TPSA) is 75.3 Å². The highest BCUT2D eigenvalue weighted by Crippen LogP contribution is 2.09. The number of hydrogen-bond donors (Lipinski definition) is 2. The summed E-state index contributed by atoms with van der Waals surface area (Å²) in [5.74, 6) is 2.57. The second kappa shape index (κ2) is 10.2. The van der Waals surface area contributed by atoms with Crippen LogP contribution in [0.5, 0.6) is 0 Å². The maximum atomic E-state index is 5.21. The maximum absolute atomic E-state index is 5.21. The Morgan fingerprint density at radius 1 is 1.19 bits per heavy atom. The second-order valence-corrected chi connectivity index (χ2v) is 5.44. The van der Waals surface area contributed by atoms with Gasteiger partial charge in [0.1, 0.15) is 0 Å². The van der Waals surface area contributed by atoms with Crippen molar-refractivity contribution in [1.29, 1.82) is 0 Å². The molecule has 0 spiro atoms. The number of hydrogen-bond acceptors (Lipinski definition) is 4. The lowest BCUT2D eigenvalue weighted by atomic mass is 10.2. The van der Waals surface area contributed by atoms with E-state index in [0.717, 1.165) is 24.9 Å². The molecule has 0 aromatic carbocycles. The SMILES string of the molecule is CCCCCCNC(=NC)NCCc1nc(C(C)C)no1. The minimum atomic E-state index is 0.299. The summed E-state index contributed by atoms with van der Waals surface area (Å²) >= 11 is 0. The lowest BCUT2D eigenvalue weighted by molar-refractivity contribution is 0.371. The van der Waals surface area contributed by atoms with E-state index in [1.165, 1.54) is 25.7 Å². The fourth-order valence-corrected chi connectivity index (χ4v) is 1.87. The van der Waals surface area contributed by atoms with Crippen LogP contribution in [0, 0.1) is 0 Å². The van der Waals surface area contributed by atoms with Gasteiger partial charge in [-0.15, -0.1) is 0 Å². The quantitative estimate of drug-likeness (QED) is 0.416. The Kier molecular flexibility index (Phi) is 8.47. The third-order valence-corrected chi connectivity index (χ3v) is 3.18. The van der Waals surface area contributed by atoms with Crippen LogP contribution in [0.4, 0.5) is 0 Å². The predicted octanol–water partition coefficient (Wildman–Crippen LogP) is 2.48. The highest BCUT2D eigenvalue weighted by atomic mass is 16.5. The standard InChI is InChI=1S/C15H29N5O/c1-5-6-7-8-10-17-15(16-4)18-11-9-13-19-14(12(2)3)20-21-13/h12H,5-11H2,1-4H3,(H2,16,17,18). The van der Waals surface area contributed by atoms with Crippen molar-refractivity contribution < 1.29 is 4.52 Å². The number of nitrogens with one attached hydrogen (secondary N) is 2. The molecule has 1 aromatic rings. The Bertz CT molecular complexity index is 414. The van der Waals surface area contributed by atoms with Gasteiger partial charge in [0.15, 0.2) is 11.8 Å². The van der Waals surface area contributed by atoms with E-state index < -0.39 is 0 Å². The molecular formula is C15H29N5O. The highest BCUT2D eigenvalue weighted by Gasteiger charge is 2.09. The molecule has 2 N–H and O–H groups in total. The molecule has 0 amide bonds. The smallest absolute Gasteiger partial charge is 0.228 e. The van der Waals surface area contributed by atoms with E-state index in [9.17, 15) is 0 Å². The van der Waals surface area contributed by atoms with Gasteiger partial charge in [0, 0.05) is 32.5 Å². The predicted molar refractivity (Wildman–Crippen MR) is 85.6 cm³/mol. The molecule has 0 radical (unpaired) electrons. The van der Waals surface area contributed by atoms with Crippen molar-refractivity contribution in [2.75, 3.05) is 20.1 Å². The summed E-state index contributed by atoms with van der Waals surface area (Å²) in [6, 6.07) is 0. The summed E-state index contributed by atoms with van der Waals surface area (Å²) in [4.78, 5) is 8.55. The zero-order valence-corrected chi connectivity index (χ0v) is 13.8. The fraction of sp³-hybridized carbons (Fsp3) is 0.800. The van der Waals surface area contributed by atoms with Gasteiger partial charge in [-0.2, -0.15) is 4.98 Å². The molecule has 1 aromatic heterocycles. The number of aliphatic imine (C=N–C) groups is 1. The van der Waals surface area contributed by atoms with Gasteiger partial charge in [-0.25, -0.2) is 0 Å². The maximum Gasteiger partial charge on any atom is 0.228 e. The third kappa shape index (κ3) is 7.11. The highest BCUT2D eigenvalue weighted by molar-refractivity contribution is 5.79. The molecule has 120 valence electrons. The van der Waals surface area contributed by atoms with Crippen molar-refractivity contribution in [3.8, 4) is 0 Å². The lowest BCUT2D eigenvalue weighted by Crippen LogP contribution is -2.38. The van der Waals surface area contributed by atoms with Gasteiger partial charge in [-0.3, -0.25) is 4.99 Å². The Hall–Kier alpha value is -1.59. The molecule has 1 rings (SSSR count). The number of guanidine groups is 1. The van der Waals surface area contributed by atoms with E-state index in [1.54, 1.807) is 7.05 Å². The summed E-state index contributed by atoms with van der Waals surface area (Å²) in [5.41, 5.74) is 0. The van der Waals surface area contributed by atoms with Crippen LogP contribution in [-0.2, 0) is 6.42 Å². The Morgan fingerprint density at radius 3 is 2.57 bits per heavy atom. The molecule has 0 aliphatic heterocycles. The van der Waals surface area contributed by atoms with Gasteiger partial charge < -0.3 is 15.2 Å². The van der Waals surface area contributed by atoms with E-state index in [0.29, 0.717) is 18.2 Å². The van der Waals surface area contributed by atoms with Gasteiger partial charge in [0.25, 0.3) is 0 Å². The molecule has 0 unspecified atom stereocenters. The molecule has 21 heavy (non-hydrogen) atoms.